The number of ether oxygens (including phenoxy) is 1. The van der Waals surface area contributed by atoms with E-state index in [-0.39, 0.29) is 29.6 Å². The van der Waals surface area contributed by atoms with Crippen molar-refractivity contribution in [3.05, 3.63) is 65.4 Å². The van der Waals surface area contributed by atoms with Gasteiger partial charge in [-0.1, -0.05) is 30.3 Å². The van der Waals surface area contributed by atoms with E-state index in [2.05, 4.69) is 42.8 Å². The summed E-state index contributed by atoms with van der Waals surface area (Å²) in [6.07, 6.45) is 1.50. The van der Waals surface area contributed by atoms with E-state index in [9.17, 15) is 14.4 Å². The minimum Gasteiger partial charge on any atom is -0.495 e. The van der Waals surface area contributed by atoms with Crippen LogP contribution in [0.25, 0.3) is 10.9 Å². The second kappa shape index (κ2) is 10.1. The number of Topliss-reactive ketones (excluding diaryl/α,β-unsaturated/α-hetero) is 1. The number of carbonyl (C=O) groups is 3. The fraction of sp³-hybridized carbons (Fsp3) is 0.393. The number of rotatable bonds is 6. The average Bonchev–Trinajstić information content (AvgIpc) is 3.32. The molecule has 1 N–H and O–H groups in total. The largest absolute Gasteiger partial charge is 0.495 e. The van der Waals surface area contributed by atoms with Crippen LogP contribution in [0.4, 0.5) is 0 Å². The van der Waals surface area contributed by atoms with E-state index in [0.717, 1.165) is 6.54 Å². The number of likely N-dealkylation sites (N-methyl/N-ethyl adjacent to an activating group) is 1. The minimum atomic E-state index is -0.653. The summed E-state index contributed by atoms with van der Waals surface area (Å²) in [6, 6.07) is 14.2. The van der Waals surface area contributed by atoms with Gasteiger partial charge in [-0.25, -0.2) is 0 Å². The van der Waals surface area contributed by atoms with Crippen molar-refractivity contribution in [3.63, 3.8) is 0 Å². The zero-order valence-corrected chi connectivity index (χ0v) is 21.7. The molecular formula is C28H34N4O4. The van der Waals surface area contributed by atoms with Crippen LogP contribution in [0, 0.1) is 0 Å². The van der Waals surface area contributed by atoms with Gasteiger partial charge in [0.25, 0.3) is 17.6 Å². The normalized spacial score (nSPS) is 19.2. The molecule has 8 nitrogen and oxygen atoms in total. The van der Waals surface area contributed by atoms with Crippen molar-refractivity contribution in [3.8, 4) is 5.75 Å². The van der Waals surface area contributed by atoms with Crippen LogP contribution < -0.4 is 4.74 Å². The van der Waals surface area contributed by atoms with Crippen molar-refractivity contribution in [2.24, 2.45) is 0 Å². The number of aromatic nitrogens is 1. The first-order valence-electron chi connectivity index (χ1n) is 12.2. The second-order valence-corrected chi connectivity index (χ2v) is 9.74. The number of hydrogen-bond donors (Lipinski definition) is 1. The Morgan fingerprint density at radius 2 is 1.69 bits per heavy atom. The summed E-state index contributed by atoms with van der Waals surface area (Å²) in [7, 11) is 4.54. The third kappa shape index (κ3) is 4.48. The smallest absolute Gasteiger partial charge is 0.294 e. The van der Waals surface area contributed by atoms with Gasteiger partial charge in [-0.2, -0.15) is 0 Å². The Labute approximate surface area is 211 Å². The summed E-state index contributed by atoms with van der Waals surface area (Å²) in [5, 5.41) is 0.445. The van der Waals surface area contributed by atoms with Crippen LogP contribution in [0.2, 0.25) is 0 Å². The van der Waals surface area contributed by atoms with Crippen LogP contribution in [0.5, 0.6) is 5.75 Å². The number of benzene rings is 2. The zero-order chi connectivity index (χ0) is 26.1. The maximum Gasteiger partial charge on any atom is 0.294 e. The average molecular weight is 491 g/mol. The first kappa shape index (κ1) is 25.4. The molecule has 1 aromatic heterocycles. The number of amides is 2. The van der Waals surface area contributed by atoms with E-state index in [4.69, 9.17) is 4.74 Å². The highest BCUT2D eigenvalue weighted by Gasteiger charge is 2.36. The van der Waals surface area contributed by atoms with E-state index in [0.29, 0.717) is 28.8 Å². The summed E-state index contributed by atoms with van der Waals surface area (Å²) >= 11 is 0. The van der Waals surface area contributed by atoms with Gasteiger partial charge in [-0.3, -0.25) is 19.3 Å². The molecule has 0 aliphatic carbocycles. The SMILES string of the molecule is COc1c(C(=O)N2CC(C)N(C(C)c3ccccc3)CC2C)ccc2[nH]cc(C(=O)C(=O)N(C)C)c12. The predicted molar refractivity (Wildman–Crippen MR) is 139 cm³/mol. The summed E-state index contributed by atoms with van der Waals surface area (Å²) in [4.78, 5) is 47.6. The van der Waals surface area contributed by atoms with Gasteiger partial charge in [0.15, 0.2) is 0 Å². The predicted octanol–water partition coefficient (Wildman–Crippen LogP) is 3.74. The molecule has 3 aromatic rings. The van der Waals surface area contributed by atoms with E-state index in [1.54, 1.807) is 12.1 Å². The fourth-order valence-corrected chi connectivity index (χ4v) is 5.12. The molecule has 3 unspecified atom stereocenters. The Morgan fingerprint density at radius 3 is 2.33 bits per heavy atom. The van der Waals surface area contributed by atoms with Crippen LogP contribution in [0.3, 0.4) is 0 Å². The lowest BCUT2D eigenvalue weighted by Crippen LogP contribution is -2.58. The molecule has 1 saturated heterocycles. The van der Waals surface area contributed by atoms with E-state index in [1.165, 1.54) is 37.9 Å². The summed E-state index contributed by atoms with van der Waals surface area (Å²) in [6.45, 7) is 7.70. The third-order valence-corrected chi connectivity index (χ3v) is 7.15. The van der Waals surface area contributed by atoms with Gasteiger partial charge in [0.05, 0.1) is 23.6 Å². The van der Waals surface area contributed by atoms with Gasteiger partial charge < -0.3 is 19.5 Å². The molecule has 3 atom stereocenters. The van der Waals surface area contributed by atoms with Gasteiger partial charge in [0.1, 0.15) is 5.75 Å². The van der Waals surface area contributed by atoms with Crippen molar-refractivity contribution in [1.29, 1.82) is 0 Å². The Hall–Kier alpha value is -3.65. The molecule has 1 fully saturated rings. The first-order chi connectivity index (χ1) is 17.1. The standard InChI is InChI=1S/C28H34N4O4/c1-17-16-32(18(2)15-31(17)19(3)20-10-8-7-9-11-20)27(34)21-12-13-23-24(26(21)36-6)22(14-29-23)25(33)28(35)30(4)5/h7-14,17-19,29H,15-16H2,1-6H3. The number of piperazine rings is 1. The summed E-state index contributed by atoms with van der Waals surface area (Å²) < 4.78 is 5.68. The van der Waals surface area contributed by atoms with Gasteiger partial charge >= 0.3 is 0 Å². The second-order valence-electron chi connectivity index (χ2n) is 9.74. The Bertz CT molecular complexity index is 1280. The van der Waals surface area contributed by atoms with Gasteiger partial charge in [0, 0.05) is 57.0 Å². The molecule has 2 aromatic carbocycles. The van der Waals surface area contributed by atoms with Crippen molar-refractivity contribution in [1.82, 2.24) is 19.7 Å². The lowest BCUT2D eigenvalue weighted by Gasteiger charge is -2.46. The number of nitrogens with zero attached hydrogens (tertiary/aromatic N) is 3. The highest BCUT2D eigenvalue weighted by molar-refractivity contribution is 6.45. The molecular weight excluding hydrogens is 456 g/mol. The lowest BCUT2D eigenvalue weighted by molar-refractivity contribution is -0.124. The third-order valence-electron chi connectivity index (χ3n) is 7.15. The minimum absolute atomic E-state index is 0.0251. The zero-order valence-electron chi connectivity index (χ0n) is 21.7. The van der Waals surface area contributed by atoms with Crippen molar-refractivity contribution < 1.29 is 19.1 Å². The number of hydrogen-bond acceptors (Lipinski definition) is 5. The monoisotopic (exact) mass is 490 g/mol. The van der Waals surface area contributed by atoms with E-state index in [1.807, 2.05) is 23.1 Å². The van der Waals surface area contributed by atoms with Gasteiger partial charge in [0.2, 0.25) is 0 Å². The topological polar surface area (TPSA) is 86.0 Å². The molecule has 36 heavy (non-hydrogen) atoms. The molecule has 0 saturated carbocycles. The van der Waals surface area contributed by atoms with Crippen LogP contribution in [0.1, 0.15) is 53.1 Å². The van der Waals surface area contributed by atoms with E-state index >= 15 is 0 Å². The van der Waals surface area contributed by atoms with Crippen molar-refractivity contribution >= 4 is 28.5 Å². The highest BCUT2D eigenvalue weighted by Crippen LogP contribution is 2.35. The van der Waals surface area contributed by atoms with Crippen molar-refractivity contribution in [2.45, 2.75) is 38.9 Å². The molecule has 2 amide bonds. The molecule has 190 valence electrons. The fourth-order valence-electron chi connectivity index (χ4n) is 5.12. The van der Waals surface area contributed by atoms with E-state index < -0.39 is 11.7 Å². The van der Waals surface area contributed by atoms with Crippen LogP contribution in [0.15, 0.2) is 48.7 Å². The lowest BCUT2D eigenvalue weighted by atomic mass is 9.99. The Kier molecular flexibility index (Phi) is 7.17. The molecule has 0 spiro atoms. The first-order valence-corrected chi connectivity index (χ1v) is 12.2. The quantitative estimate of drug-likeness (QED) is 0.420. The van der Waals surface area contributed by atoms with Crippen molar-refractivity contribution in [2.75, 3.05) is 34.3 Å². The van der Waals surface area contributed by atoms with Crippen LogP contribution in [-0.2, 0) is 4.79 Å². The number of aromatic amines is 1. The molecule has 8 heteroatoms. The number of ketones is 1. The highest BCUT2D eigenvalue weighted by atomic mass is 16.5. The maximum absolute atomic E-state index is 13.8. The van der Waals surface area contributed by atoms with Gasteiger partial charge in [-0.05, 0) is 38.5 Å². The molecule has 0 bridgehead atoms. The maximum atomic E-state index is 13.8. The molecule has 4 rings (SSSR count). The number of carbonyl (C=O) groups excluding carboxylic acids is 3. The summed E-state index contributed by atoms with van der Waals surface area (Å²) in [5.74, 6) is -1.15. The molecule has 1 aliphatic heterocycles. The molecule has 0 radical (unpaired) electrons. The van der Waals surface area contributed by atoms with Gasteiger partial charge in [-0.15, -0.1) is 0 Å². The Balaban J connectivity index is 1.64. The molecule has 1 aliphatic rings. The number of nitrogens with one attached hydrogen (secondary N) is 1. The number of H-pyrrole nitrogens is 1. The van der Waals surface area contributed by atoms with Crippen LogP contribution in [-0.4, -0.2) is 83.7 Å². The number of fused-ring (bicyclic) bond motifs is 1. The Morgan fingerprint density at radius 1 is 1.00 bits per heavy atom. The molecule has 2 heterocycles. The number of methoxy groups -OCH3 is 1. The summed E-state index contributed by atoms with van der Waals surface area (Å²) in [5.41, 5.74) is 2.44. The van der Waals surface area contributed by atoms with Crippen LogP contribution >= 0.6 is 0 Å².